The number of phenolic OH excluding ortho intramolecular Hbond substituents is 1. The third-order valence-corrected chi connectivity index (χ3v) is 3.45. The lowest BCUT2D eigenvalue weighted by atomic mass is 10.2. The Morgan fingerprint density at radius 1 is 1.09 bits per heavy atom. The number of hydrogen-bond acceptors (Lipinski definition) is 3. The van der Waals surface area contributed by atoms with Gasteiger partial charge in [-0.1, -0.05) is 11.6 Å². The largest absolute Gasteiger partial charge is 0.508 e. The van der Waals surface area contributed by atoms with E-state index in [1.807, 2.05) is 0 Å². The molecule has 0 aliphatic carbocycles. The molecule has 0 aliphatic rings. The quantitative estimate of drug-likeness (QED) is 0.684. The number of benzene rings is 2. The van der Waals surface area contributed by atoms with E-state index in [4.69, 9.17) is 16.0 Å². The highest BCUT2D eigenvalue weighted by atomic mass is 35.5. The molecule has 1 aromatic heterocycles. The Hall–Kier alpha value is -2.79. The normalized spacial score (nSPS) is 10.5. The van der Waals surface area contributed by atoms with Crippen LogP contribution >= 0.6 is 11.6 Å². The van der Waals surface area contributed by atoms with Gasteiger partial charge in [-0.2, -0.15) is 0 Å². The smallest absolute Gasteiger partial charge is 0.291 e. The van der Waals surface area contributed by atoms with Crippen molar-refractivity contribution in [3.63, 3.8) is 0 Å². The van der Waals surface area contributed by atoms with E-state index in [9.17, 15) is 14.3 Å². The predicted molar refractivity (Wildman–Crippen MR) is 85.2 cm³/mol. The van der Waals surface area contributed by atoms with Gasteiger partial charge in [0.25, 0.3) is 5.91 Å². The van der Waals surface area contributed by atoms with Crippen molar-refractivity contribution in [1.29, 1.82) is 0 Å². The molecule has 3 aromatic rings. The molecule has 3 rings (SSSR count). The zero-order valence-electron chi connectivity index (χ0n) is 11.7. The van der Waals surface area contributed by atoms with Gasteiger partial charge in [-0.05, 0) is 54.6 Å². The molecule has 0 saturated heterocycles. The van der Waals surface area contributed by atoms with Gasteiger partial charge in [-0.15, -0.1) is 0 Å². The van der Waals surface area contributed by atoms with Crippen molar-refractivity contribution in [2.75, 3.05) is 5.32 Å². The minimum Gasteiger partial charge on any atom is -0.508 e. The SMILES string of the molecule is O=C(Nc1ccc(O)cc1)c1ccc(-c2ccc(F)c(Cl)c2)o1. The summed E-state index contributed by atoms with van der Waals surface area (Å²) in [6.07, 6.45) is 0. The molecule has 0 radical (unpaired) electrons. The van der Waals surface area contributed by atoms with Crippen LogP contribution in [0.2, 0.25) is 5.02 Å². The Morgan fingerprint density at radius 2 is 1.83 bits per heavy atom. The van der Waals surface area contributed by atoms with Crippen molar-refractivity contribution in [1.82, 2.24) is 0 Å². The van der Waals surface area contributed by atoms with Crippen LogP contribution in [0.25, 0.3) is 11.3 Å². The molecule has 0 bridgehead atoms. The highest BCUT2D eigenvalue weighted by molar-refractivity contribution is 6.31. The summed E-state index contributed by atoms with van der Waals surface area (Å²) in [5.41, 5.74) is 1.09. The maximum absolute atomic E-state index is 13.2. The molecule has 4 nitrogen and oxygen atoms in total. The summed E-state index contributed by atoms with van der Waals surface area (Å²) in [6.45, 7) is 0. The summed E-state index contributed by atoms with van der Waals surface area (Å²) < 4.78 is 18.7. The Morgan fingerprint density at radius 3 is 2.52 bits per heavy atom. The molecule has 6 heteroatoms. The molecule has 116 valence electrons. The molecule has 0 saturated carbocycles. The molecule has 2 N–H and O–H groups in total. The van der Waals surface area contributed by atoms with Gasteiger partial charge >= 0.3 is 0 Å². The third kappa shape index (κ3) is 3.35. The van der Waals surface area contributed by atoms with Crippen molar-refractivity contribution in [3.05, 3.63) is 71.2 Å². The first-order valence-corrected chi connectivity index (χ1v) is 7.06. The number of anilines is 1. The lowest BCUT2D eigenvalue weighted by Gasteiger charge is -2.03. The van der Waals surface area contributed by atoms with E-state index in [2.05, 4.69) is 5.32 Å². The van der Waals surface area contributed by atoms with Crippen LogP contribution < -0.4 is 5.32 Å². The molecule has 0 fully saturated rings. The van der Waals surface area contributed by atoms with Gasteiger partial charge in [0.15, 0.2) is 5.76 Å². The zero-order chi connectivity index (χ0) is 16.4. The van der Waals surface area contributed by atoms with Crippen LogP contribution in [0.15, 0.2) is 59.0 Å². The lowest BCUT2D eigenvalue weighted by molar-refractivity contribution is 0.0997. The van der Waals surface area contributed by atoms with Crippen LogP contribution in [0.1, 0.15) is 10.6 Å². The molecule has 1 heterocycles. The molecule has 0 unspecified atom stereocenters. The van der Waals surface area contributed by atoms with Crippen LogP contribution in [-0.2, 0) is 0 Å². The van der Waals surface area contributed by atoms with Crippen molar-refractivity contribution in [2.24, 2.45) is 0 Å². The van der Waals surface area contributed by atoms with E-state index in [0.29, 0.717) is 17.0 Å². The fourth-order valence-corrected chi connectivity index (χ4v) is 2.18. The predicted octanol–water partition coefficient (Wildman–Crippen LogP) is 4.70. The second-order valence-corrected chi connectivity index (χ2v) is 5.20. The zero-order valence-corrected chi connectivity index (χ0v) is 12.5. The molecule has 0 spiro atoms. The maximum Gasteiger partial charge on any atom is 0.291 e. The number of carbonyl (C=O) groups is 1. The summed E-state index contributed by atoms with van der Waals surface area (Å²) in [5, 5.41) is 11.8. The Labute approximate surface area is 136 Å². The fraction of sp³-hybridized carbons (Fsp3) is 0. The first-order valence-electron chi connectivity index (χ1n) is 6.68. The van der Waals surface area contributed by atoms with Crippen molar-refractivity contribution < 1.29 is 18.7 Å². The summed E-state index contributed by atoms with van der Waals surface area (Å²) in [5.74, 6) is -0.338. The number of amides is 1. The summed E-state index contributed by atoms with van der Waals surface area (Å²) >= 11 is 5.74. The number of nitrogens with one attached hydrogen (secondary N) is 1. The standard InChI is InChI=1S/C17H11ClFNO3/c18-13-9-10(1-6-14(13)19)15-7-8-16(23-15)17(22)20-11-2-4-12(21)5-3-11/h1-9,21H,(H,20,22). The average molecular weight is 332 g/mol. The van der Waals surface area contributed by atoms with E-state index in [-0.39, 0.29) is 16.5 Å². The number of carbonyl (C=O) groups excluding carboxylic acids is 1. The summed E-state index contributed by atoms with van der Waals surface area (Å²) in [7, 11) is 0. The van der Waals surface area contributed by atoms with Crippen LogP contribution in [0.5, 0.6) is 5.75 Å². The van der Waals surface area contributed by atoms with Gasteiger partial charge in [0.2, 0.25) is 0 Å². The van der Waals surface area contributed by atoms with Gasteiger partial charge in [0.1, 0.15) is 17.3 Å². The van der Waals surface area contributed by atoms with Crippen LogP contribution in [0, 0.1) is 5.82 Å². The summed E-state index contributed by atoms with van der Waals surface area (Å²) in [4.78, 5) is 12.1. The average Bonchev–Trinajstić information content (AvgIpc) is 3.02. The highest BCUT2D eigenvalue weighted by Gasteiger charge is 2.13. The van der Waals surface area contributed by atoms with Crippen molar-refractivity contribution in [2.45, 2.75) is 0 Å². The van der Waals surface area contributed by atoms with Crippen molar-refractivity contribution in [3.8, 4) is 17.1 Å². The molecule has 2 aromatic carbocycles. The molecule has 0 atom stereocenters. The minimum atomic E-state index is -0.521. The maximum atomic E-state index is 13.2. The van der Waals surface area contributed by atoms with Gasteiger partial charge in [-0.3, -0.25) is 4.79 Å². The van der Waals surface area contributed by atoms with Crippen LogP contribution in [-0.4, -0.2) is 11.0 Å². The molecule has 0 aliphatic heterocycles. The number of rotatable bonds is 3. The second kappa shape index (κ2) is 6.14. The van der Waals surface area contributed by atoms with Gasteiger partial charge in [0, 0.05) is 11.3 Å². The van der Waals surface area contributed by atoms with Crippen molar-refractivity contribution >= 4 is 23.2 Å². The van der Waals surface area contributed by atoms with Gasteiger partial charge in [0.05, 0.1) is 5.02 Å². The van der Waals surface area contributed by atoms with Crippen LogP contribution in [0.3, 0.4) is 0 Å². The minimum absolute atomic E-state index is 0.0194. The van der Waals surface area contributed by atoms with E-state index in [1.165, 1.54) is 36.4 Å². The Balaban J connectivity index is 1.79. The fourth-order valence-electron chi connectivity index (χ4n) is 2.00. The first kappa shape index (κ1) is 15.1. The highest BCUT2D eigenvalue weighted by Crippen LogP contribution is 2.27. The molecular formula is C17H11ClFNO3. The molecule has 1 amide bonds. The van der Waals surface area contributed by atoms with E-state index < -0.39 is 11.7 Å². The van der Waals surface area contributed by atoms with E-state index >= 15 is 0 Å². The Kier molecular flexibility index (Phi) is 4.04. The number of furan rings is 1. The first-order chi connectivity index (χ1) is 11.0. The monoisotopic (exact) mass is 331 g/mol. The number of halogens is 2. The topological polar surface area (TPSA) is 62.5 Å². The number of hydrogen-bond donors (Lipinski definition) is 2. The number of aromatic hydroxyl groups is 1. The molecular weight excluding hydrogens is 321 g/mol. The second-order valence-electron chi connectivity index (χ2n) is 4.79. The summed E-state index contributed by atoms with van der Waals surface area (Å²) in [6, 6.07) is 13.4. The van der Waals surface area contributed by atoms with Crippen LogP contribution in [0.4, 0.5) is 10.1 Å². The van der Waals surface area contributed by atoms with Gasteiger partial charge in [-0.25, -0.2) is 4.39 Å². The van der Waals surface area contributed by atoms with E-state index in [1.54, 1.807) is 18.2 Å². The lowest BCUT2D eigenvalue weighted by Crippen LogP contribution is -2.10. The third-order valence-electron chi connectivity index (χ3n) is 3.16. The van der Waals surface area contributed by atoms with E-state index in [0.717, 1.165) is 0 Å². The van der Waals surface area contributed by atoms with Gasteiger partial charge < -0.3 is 14.8 Å². The Bertz CT molecular complexity index is 859. The number of phenols is 1. The molecule has 23 heavy (non-hydrogen) atoms.